The Balaban J connectivity index is 1.13. The summed E-state index contributed by atoms with van der Waals surface area (Å²) in [7, 11) is 0. The maximum absolute atomic E-state index is 2.60. The molecule has 0 saturated heterocycles. The predicted octanol–water partition coefficient (Wildman–Crippen LogP) is 18.5. The molecular formula is C62H54N2. The van der Waals surface area contributed by atoms with Crippen LogP contribution in [0.15, 0.2) is 194 Å². The molecule has 64 heavy (non-hydrogen) atoms. The Hall–Kier alpha value is -6.90. The smallest absolute Gasteiger partial charge is 0.0470 e. The molecule has 0 N–H and O–H groups in total. The number of rotatable bonds is 8. The van der Waals surface area contributed by atoms with Crippen LogP contribution in [0.3, 0.4) is 0 Å². The first-order valence-corrected chi connectivity index (χ1v) is 23.9. The number of hydrogen-bond acceptors (Lipinski definition) is 2. The summed E-state index contributed by atoms with van der Waals surface area (Å²) in [5, 5.41) is 12.9. The molecule has 2 nitrogen and oxygen atoms in total. The molecule has 0 radical (unpaired) electrons. The van der Waals surface area contributed by atoms with Gasteiger partial charge in [0.15, 0.2) is 0 Å². The van der Waals surface area contributed by atoms with E-state index < -0.39 is 0 Å². The van der Waals surface area contributed by atoms with Crippen molar-refractivity contribution in [1.82, 2.24) is 0 Å². The van der Waals surface area contributed by atoms with Gasteiger partial charge in [0.25, 0.3) is 0 Å². The molecule has 10 aromatic carbocycles. The molecule has 0 bridgehead atoms. The molecule has 2 fully saturated rings. The van der Waals surface area contributed by atoms with Crippen molar-refractivity contribution < 1.29 is 0 Å². The van der Waals surface area contributed by atoms with Crippen molar-refractivity contribution in [2.24, 2.45) is 0 Å². The third-order valence-electron chi connectivity index (χ3n) is 14.7. The molecular weight excluding hydrogens is 773 g/mol. The lowest BCUT2D eigenvalue weighted by Gasteiger charge is -2.33. The molecule has 10 aromatic rings. The Morgan fingerprint density at radius 1 is 0.250 bits per heavy atom. The third kappa shape index (κ3) is 7.25. The summed E-state index contributed by atoms with van der Waals surface area (Å²) in [4.78, 5) is 5.11. The van der Waals surface area contributed by atoms with Gasteiger partial charge in [-0.1, -0.05) is 160 Å². The van der Waals surface area contributed by atoms with Gasteiger partial charge in [0, 0.05) is 34.1 Å². The van der Waals surface area contributed by atoms with Crippen LogP contribution in [0.4, 0.5) is 34.1 Å². The van der Waals surface area contributed by atoms with Gasteiger partial charge in [0.05, 0.1) is 0 Å². The fraction of sp³-hybridized carbons (Fsp3) is 0.194. The quantitative estimate of drug-likeness (QED) is 0.151. The average Bonchev–Trinajstić information content (AvgIpc) is 3.36. The zero-order chi connectivity index (χ0) is 42.4. The molecule has 0 heterocycles. The van der Waals surface area contributed by atoms with E-state index in [2.05, 4.69) is 204 Å². The largest absolute Gasteiger partial charge is 0.310 e. The van der Waals surface area contributed by atoms with Gasteiger partial charge in [0.1, 0.15) is 0 Å². The molecule has 0 aromatic heterocycles. The van der Waals surface area contributed by atoms with Gasteiger partial charge >= 0.3 is 0 Å². The minimum atomic E-state index is 0.496. The normalized spacial score (nSPS) is 15.1. The minimum absolute atomic E-state index is 0.496. The van der Waals surface area contributed by atoms with Crippen molar-refractivity contribution in [1.29, 1.82) is 0 Å². The first-order chi connectivity index (χ1) is 31.7. The van der Waals surface area contributed by atoms with Crippen LogP contribution in [-0.4, -0.2) is 0 Å². The second-order valence-electron chi connectivity index (χ2n) is 18.6. The van der Waals surface area contributed by atoms with Crippen LogP contribution >= 0.6 is 0 Å². The van der Waals surface area contributed by atoms with Crippen LogP contribution in [0.2, 0.25) is 0 Å². The summed E-state index contributed by atoms with van der Waals surface area (Å²) in [6.07, 6.45) is 12.7. The lowest BCUT2D eigenvalue weighted by atomic mass is 9.78. The molecule has 0 amide bonds. The molecule has 0 spiro atoms. The Labute approximate surface area is 377 Å². The van der Waals surface area contributed by atoms with E-state index in [0.29, 0.717) is 11.8 Å². The van der Waals surface area contributed by atoms with Crippen molar-refractivity contribution in [2.45, 2.75) is 76.0 Å². The molecule has 0 aliphatic heterocycles. The molecule has 0 unspecified atom stereocenters. The second kappa shape index (κ2) is 16.7. The van der Waals surface area contributed by atoms with E-state index >= 15 is 0 Å². The van der Waals surface area contributed by atoms with E-state index in [4.69, 9.17) is 0 Å². The van der Waals surface area contributed by atoms with E-state index in [-0.39, 0.29) is 0 Å². The maximum atomic E-state index is 2.60. The Kier molecular flexibility index (Phi) is 10.1. The summed E-state index contributed by atoms with van der Waals surface area (Å²) >= 11 is 0. The molecule has 312 valence electrons. The van der Waals surface area contributed by atoms with Gasteiger partial charge in [-0.15, -0.1) is 0 Å². The predicted molar refractivity (Wildman–Crippen MR) is 275 cm³/mol. The molecule has 2 aliphatic rings. The molecule has 12 rings (SSSR count). The Morgan fingerprint density at radius 3 is 0.828 bits per heavy atom. The highest BCUT2D eigenvalue weighted by Gasteiger charge is 2.27. The van der Waals surface area contributed by atoms with Crippen LogP contribution in [0.1, 0.15) is 87.2 Å². The number of fused-ring (bicyclic) bond motifs is 5. The Bertz CT molecular complexity index is 2950. The maximum Gasteiger partial charge on any atom is 0.0470 e. The first kappa shape index (κ1) is 38.7. The van der Waals surface area contributed by atoms with Gasteiger partial charge in [-0.05, 0) is 175 Å². The SMILES string of the molecule is c1ccc2cc(N(c3ccc4ccccc4c3)c3cc(C4CCCCC4)c4cc(N(c5ccc6ccccc6c5)c5ccc6ccccc6c5)cc(C5CCCCC5)c4c3)ccc2c1. The highest BCUT2D eigenvalue weighted by Crippen LogP contribution is 2.49. The van der Waals surface area contributed by atoms with Gasteiger partial charge in [-0.3, -0.25) is 0 Å². The van der Waals surface area contributed by atoms with Crippen LogP contribution in [0.5, 0.6) is 0 Å². The van der Waals surface area contributed by atoms with Crippen molar-refractivity contribution >= 4 is 88.0 Å². The summed E-state index contributed by atoms with van der Waals surface area (Å²) in [5.41, 5.74) is 10.3. The molecule has 2 saturated carbocycles. The summed E-state index contributed by atoms with van der Waals surface area (Å²) in [6.45, 7) is 0. The molecule has 2 aliphatic carbocycles. The third-order valence-corrected chi connectivity index (χ3v) is 14.7. The zero-order valence-corrected chi connectivity index (χ0v) is 36.6. The number of anilines is 6. The van der Waals surface area contributed by atoms with E-state index in [1.165, 1.54) is 163 Å². The van der Waals surface area contributed by atoms with Gasteiger partial charge < -0.3 is 9.80 Å². The number of benzene rings is 10. The van der Waals surface area contributed by atoms with Gasteiger partial charge in [0.2, 0.25) is 0 Å². The van der Waals surface area contributed by atoms with E-state index in [1.807, 2.05) is 0 Å². The summed E-state index contributed by atoms with van der Waals surface area (Å²) in [5.74, 6) is 0.992. The highest BCUT2D eigenvalue weighted by atomic mass is 15.1. The van der Waals surface area contributed by atoms with Crippen LogP contribution < -0.4 is 9.80 Å². The topological polar surface area (TPSA) is 6.48 Å². The minimum Gasteiger partial charge on any atom is -0.310 e. The number of nitrogens with zero attached hydrogens (tertiary/aromatic N) is 2. The second-order valence-corrected chi connectivity index (χ2v) is 18.6. The summed E-state index contributed by atoms with van der Waals surface area (Å²) < 4.78 is 0. The average molecular weight is 827 g/mol. The first-order valence-electron chi connectivity index (χ1n) is 23.9. The lowest BCUT2D eigenvalue weighted by Crippen LogP contribution is -2.15. The van der Waals surface area contributed by atoms with E-state index in [1.54, 1.807) is 0 Å². The highest BCUT2D eigenvalue weighted by molar-refractivity contribution is 6.01. The molecule has 0 atom stereocenters. The fourth-order valence-corrected chi connectivity index (χ4v) is 11.4. The monoisotopic (exact) mass is 826 g/mol. The number of hydrogen-bond donors (Lipinski definition) is 0. The van der Waals surface area contributed by atoms with Crippen molar-refractivity contribution in [3.8, 4) is 0 Å². The van der Waals surface area contributed by atoms with E-state index in [0.717, 1.165) is 0 Å². The lowest BCUT2D eigenvalue weighted by molar-refractivity contribution is 0.444. The van der Waals surface area contributed by atoms with Crippen molar-refractivity contribution in [2.75, 3.05) is 9.80 Å². The van der Waals surface area contributed by atoms with Crippen LogP contribution in [0, 0.1) is 0 Å². The Morgan fingerprint density at radius 2 is 0.531 bits per heavy atom. The van der Waals surface area contributed by atoms with Crippen molar-refractivity contribution in [3.05, 3.63) is 205 Å². The van der Waals surface area contributed by atoms with Crippen molar-refractivity contribution in [3.63, 3.8) is 0 Å². The van der Waals surface area contributed by atoms with Crippen LogP contribution in [-0.2, 0) is 0 Å². The zero-order valence-electron chi connectivity index (χ0n) is 36.6. The standard InChI is InChI=1S/C62H54N2/c1-3-19-47(20-4-1)59-39-57(63(53-31-27-43-15-7-11-23-49(43)35-53)54-32-28-44-16-8-12-24-50(44)36-54)42-62-60(48-21-5-2-6-22-48)40-58(41-61(59)62)64(55-33-29-45-17-9-13-25-51(45)37-55)56-34-30-46-18-10-14-26-52(46)38-56/h7-18,23-42,47-48H,1-6,19-22H2. The van der Waals surface area contributed by atoms with E-state index in [9.17, 15) is 0 Å². The van der Waals surface area contributed by atoms with Gasteiger partial charge in [-0.25, -0.2) is 0 Å². The molecule has 2 heteroatoms. The van der Waals surface area contributed by atoms with Gasteiger partial charge in [-0.2, -0.15) is 0 Å². The summed E-state index contributed by atoms with van der Waals surface area (Å²) in [6, 6.07) is 73.6. The fourth-order valence-electron chi connectivity index (χ4n) is 11.4. The van der Waals surface area contributed by atoms with Crippen LogP contribution in [0.25, 0.3) is 53.9 Å².